The number of nitrogens with zero attached hydrogens (tertiary/aromatic N) is 2. The van der Waals surface area contributed by atoms with Gasteiger partial charge in [0.05, 0.1) is 0 Å². The summed E-state index contributed by atoms with van der Waals surface area (Å²) in [5, 5.41) is 3.11. The molecule has 2 aromatic rings. The Kier molecular flexibility index (Phi) is 3.56. The summed E-state index contributed by atoms with van der Waals surface area (Å²) >= 11 is 0. The largest absolute Gasteiger partial charge is 0.324 e. The number of benzene rings is 1. The van der Waals surface area contributed by atoms with Crippen molar-refractivity contribution in [1.29, 1.82) is 0 Å². The van der Waals surface area contributed by atoms with Crippen LogP contribution in [0.3, 0.4) is 0 Å². The molecule has 0 radical (unpaired) electrons. The molecule has 7 heteroatoms. The minimum atomic E-state index is 0.410. The number of aromatic nitrogens is 2. The molecule has 94 valence electrons. The lowest BCUT2D eigenvalue weighted by Gasteiger charge is -2.10. The van der Waals surface area contributed by atoms with Crippen LogP contribution in [0, 0.1) is 6.92 Å². The van der Waals surface area contributed by atoms with E-state index in [4.69, 9.17) is 11.7 Å². The zero-order chi connectivity index (χ0) is 13.0. The van der Waals surface area contributed by atoms with Crippen LogP contribution in [0.4, 0.5) is 23.3 Å². The Morgan fingerprint density at radius 2 is 1.61 bits per heavy atom. The van der Waals surface area contributed by atoms with Crippen LogP contribution in [0.1, 0.15) is 5.56 Å². The van der Waals surface area contributed by atoms with E-state index in [2.05, 4.69) is 26.1 Å². The molecule has 0 bridgehead atoms. The Labute approximate surface area is 105 Å². The molecule has 18 heavy (non-hydrogen) atoms. The van der Waals surface area contributed by atoms with Crippen molar-refractivity contribution < 1.29 is 0 Å². The number of para-hydroxylation sites is 1. The van der Waals surface area contributed by atoms with E-state index in [1.165, 1.54) is 0 Å². The van der Waals surface area contributed by atoms with E-state index in [0.717, 1.165) is 11.3 Å². The number of aryl methyl sites for hydroxylation is 1. The van der Waals surface area contributed by atoms with Gasteiger partial charge in [-0.2, -0.15) is 9.97 Å². The highest BCUT2D eigenvalue weighted by Gasteiger charge is 2.04. The zero-order valence-corrected chi connectivity index (χ0v) is 9.94. The molecule has 7 nitrogen and oxygen atoms in total. The molecule has 0 fully saturated rings. The SMILES string of the molecule is Cc1ccccc1Nc1nc(NN)cc(NN)n1. The molecular weight excluding hydrogens is 230 g/mol. The van der Waals surface area contributed by atoms with Crippen LogP contribution >= 0.6 is 0 Å². The van der Waals surface area contributed by atoms with Crippen LogP contribution in [-0.4, -0.2) is 9.97 Å². The van der Waals surface area contributed by atoms with Gasteiger partial charge in [0.1, 0.15) is 11.6 Å². The fourth-order valence-corrected chi connectivity index (χ4v) is 1.48. The first-order valence-electron chi connectivity index (χ1n) is 5.38. The van der Waals surface area contributed by atoms with Gasteiger partial charge in [0.15, 0.2) is 0 Å². The quantitative estimate of drug-likeness (QED) is 0.405. The Balaban J connectivity index is 2.31. The maximum Gasteiger partial charge on any atom is 0.231 e. The number of anilines is 4. The third-order valence-electron chi connectivity index (χ3n) is 2.41. The van der Waals surface area contributed by atoms with Crippen molar-refractivity contribution in [3.8, 4) is 0 Å². The van der Waals surface area contributed by atoms with Crippen LogP contribution in [0.15, 0.2) is 30.3 Å². The smallest absolute Gasteiger partial charge is 0.231 e. The summed E-state index contributed by atoms with van der Waals surface area (Å²) in [4.78, 5) is 8.36. The normalized spacial score (nSPS) is 9.94. The second-order valence-electron chi connectivity index (χ2n) is 3.69. The summed E-state index contributed by atoms with van der Waals surface area (Å²) in [7, 11) is 0. The molecule has 0 aliphatic heterocycles. The van der Waals surface area contributed by atoms with Gasteiger partial charge in [0, 0.05) is 11.8 Å². The summed E-state index contributed by atoms with van der Waals surface area (Å²) in [5.41, 5.74) is 6.93. The van der Waals surface area contributed by atoms with Gasteiger partial charge >= 0.3 is 0 Å². The molecule has 0 unspecified atom stereocenters. The number of hydrogen-bond donors (Lipinski definition) is 5. The van der Waals surface area contributed by atoms with Crippen molar-refractivity contribution >= 4 is 23.3 Å². The highest BCUT2D eigenvalue weighted by atomic mass is 15.3. The minimum Gasteiger partial charge on any atom is -0.324 e. The van der Waals surface area contributed by atoms with E-state index in [1.54, 1.807) is 6.07 Å². The molecule has 0 spiro atoms. The molecule has 7 N–H and O–H groups in total. The monoisotopic (exact) mass is 245 g/mol. The molecule has 1 aromatic carbocycles. The fourth-order valence-electron chi connectivity index (χ4n) is 1.48. The first-order valence-corrected chi connectivity index (χ1v) is 5.38. The molecule has 0 atom stereocenters. The van der Waals surface area contributed by atoms with Crippen molar-refractivity contribution in [3.05, 3.63) is 35.9 Å². The van der Waals surface area contributed by atoms with Crippen molar-refractivity contribution in [2.24, 2.45) is 11.7 Å². The van der Waals surface area contributed by atoms with Crippen molar-refractivity contribution in [2.75, 3.05) is 16.2 Å². The number of nitrogens with two attached hydrogens (primary N) is 2. The standard InChI is InChI=1S/C11H15N7/c1-7-4-2-3-5-8(7)14-11-15-9(17-12)6-10(16-11)18-13/h2-6H,12-13H2,1H3,(H3,14,15,16,17,18). The molecule has 0 amide bonds. The van der Waals surface area contributed by atoms with Gasteiger partial charge in [0.2, 0.25) is 5.95 Å². The first-order chi connectivity index (χ1) is 8.72. The zero-order valence-electron chi connectivity index (χ0n) is 9.94. The van der Waals surface area contributed by atoms with Gasteiger partial charge in [-0.1, -0.05) is 18.2 Å². The van der Waals surface area contributed by atoms with Gasteiger partial charge < -0.3 is 16.2 Å². The number of nitrogens with one attached hydrogen (secondary N) is 3. The summed E-state index contributed by atoms with van der Waals surface area (Å²) in [6, 6.07) is 9.43. The second kappa shape index (κ2) is 5.30. The topological polar surface area (TPSA) is 114 Å². The minimum absolute atomic E-state index is 0.410. The van der Waals surface area contributed by atoms with Crippen molar-refractivity contribution in [1.82, 2.24) is 9.97 Å². The number of hydrazine groups is 2. The molecule has 0 saturated heterocycles. The molecule has 2 rings (SSSR count). The molecule has 1 aromatic heterocycles. The van der Waals surface area contributed by atoms with Gasteiger partial charge in [-0.25, -0.2) is 11.7 Å². The fraction of sp³-hybridized carbons (Fsp3) is 0.0909. The molecule has 0 aliphatic carbocycles. The Bertz CT molecular complexity index is 518. The van der Waals surface area contributed by atoms with Gasteiger partial charge in [0.25, 0.3) is 0 Å². The van der Waals surface area contributed by atoms with E-state index in [9.17, 15) is 0 Å². The predicted octanol–water partition coefficient (Wildman–Crippen LogP) is 1.10. The molecule has 0 aliphatic rings. The highest BCUT2D eigenvalue weighted by Crippen LogP contribution is 2.19. The van der Waals surface area contributed by atoms with Crippen LogP contribution in [0.2, 0.25) is 0 Å². The number of rotatable bonds is 4. The third kappa shape index (κ3) is 2.65. The highest BCUT2D eigenvalue weighted by molar-refractivity contribution is 5.61. The molecule has 1 heterocycles. The Hall–Kier alpha value is -2.38. The lowest BCUT2D eigenvalue weighted by molar-refractivity contribution is 1.12. The number of hydrogen-bond acceptors (Lipinski definition) is 7. The summed E-state index contributed by atoms with van der Waals surface area (Å²) < 4.78 is 0. The number of nitrogen functional groups attached to an aromatic ring is 2. The molecule has 0 saturated carbocycles. The summed E-state index contributed by atoms with van der Waals surface area (Å²) in [6.07, 6.45) is 0. The summed E-state index contributed by atoms with van der Waals surface area (Å²) in [6.45, 7) is 2.00. The Morgan fingerprint density at radius 3 is 2.17 bits per heavy atom. The van der Waals surface area contributed by atoms with E-state index >= 15 is 0 Å². The van der Waals surface area contributed by atoms with Crippen LogP contribution < -0.4 is 27.9 Å². The Morgan fingerprint density at radius 1 is 1.00 bits per heavy atom. The van der Waals surface area contributed by atoms with Gasteiger partial charge in [-0.15, -0.1) is 0 Å². The van der Waals surface area contributed by atoms with E-state index < -0.39 is 0 Å². The van der Waals surface area contributed by atoms with E-state index in [1.807, 2.05) is 31.2 Å². The van der Waals surface area contributed by atoms with Gasteiger partial charge in [-0.3, -0.25) is 0 Å². The van der Waals surface area contributed by atoms with Gasteiger partial charge in [-0.05, 0) is 18.6 Å². The van der Waals surface area contributed by atoms with Crippen molar-refractivity contribution in [2.45, 2.75) is 6.92 Å². The van der Waals surface area contributed by atoms with Crippen LogP contribution in [-0.2, 0) is 0 Å². The summed E-state index contributed by atoms with van der Waals surface area (Å²) in [5.74, 6) is 12.0. The maximum absolute atomic E-state index is 5.33. The lowest BCUT2D eigenvalue weighted by Crippen LogP contribution is -2.14. The van der Waals surface area contributed by atoms with E-state index in [0.29, 0.717) is 17.6 Å². The predicted molar refractivity (Wildman–Crippen MR) is 72.1 cm³/mol. The average Bonchev–Trinajstić information content (AvgIpc) is 2.41. The third-order valence-corrected chi connectivity index (χ3v) is 2.41. The average molecular weight is 245 g/mol. The van der Waals surface area contributed by atoms with E-state index in [-0.39, 0.29) is 0 Å². The van der Waals surface area contributed by atoms with Crippen LogP contribution in [0.25, 0.3) is 0 Å². The first kappa shape index (κ1) is 12.1. The van der Waals surface area contributed by atoms with Crippen molar-refractivity contribution in [3.63, 3.8) is 0 Å². The maximum atomic E-state index is 5.33. The second-order valence-corrected chi connectivity index (χ2v) is 3.69. The lowest BCUT2D eigenvalue weighted by atomic mass is 10.2. The molecular formula is C11H15N7. The van der Waals surface area contributed by atoms with Crippen LogP contribution in [0.5, 0.6) is 0 Å².